The van der Waals surface area contributed by atoms with Gasteiger partial charge in [-0.1, -0.05) is 26.7 Å². The van der Waals surface area contributed by atoms with E-state index in [2.05, 4.69) is 22.7 Å². The van der Waals surface area contributed by atoms with Crippen LogP contribution in [0.4, 0.5) is 5.82 Å². The number of nitrogen functional groups attached to an aromatic ring is 1. The summed E-state index contributed by atoms with van der Waals surface area (Å²) in [5, 5.41) is 3.16. The minimum Gasteiger partial charge on any atom is -0.349 e. The Morgan fingerprint density at radius 1 is 1.33 bits per heavy atom. The monoisotopic (exact) mass is 290 g/mol. The van der Waals surface area contributed by atoms with Gasteiger partial charge in [0.1, 0.15) is 5.82 Å². The Morgan fingerprint density at radius 3 is 2.86 bits per heavy atom. The third-order valence-electron chi connectivity index (χ3n) is 4.24. The quantitative estimate of drug-likeness (QED) is 0.452. The first-order chi connectivity index (χ1) is 10.1. The van der Waals surface area contributed by atoms with Crippen LogP contribution < -0.4 is 16.6 Å². The number of hydrogen-bond donors (Lipinski definition) is 3. The average molecular weight is 290 g/mol. The van der Waals surface area contributed by atoms with Crippen molar-refractivity contribution in [1.82, 2.24) is 10.3 Å². The Morgan fingerprint density at radius 2 is 2.14 bits per heavy atom. The van der Waals surface area contributed by atoms with E-state index >= 15 is 0 Å². The van der Waals surface area contributed by atoms with Crippen molar-refractivity contribution in [3.05, 3.63) is 23.4 Å². The van der Waals surface area contributed by atoms with Gasteiger partial charge < -0.3 is 10.7 Å². The number of anilines is 1. The van der Waals surface area contributed by atoms with E-state index in [4.69, 9.17) is 5.84 Å². The van der Waals surface area contributed by atoms with Crippen LogP contribution in [0.5, 0.6) is 0 Å². The van der Waals surface area contributed by atoms with Gasteiger partial charge >= 0.3 is 0 Å². The molecule has 2 atom stereocenters. The summed E-state index contributed by atoms with van der Waals surface area (Å²) < 4.78 is 0. The molecule has 0 bridgehead atoms. The van der Waals surface area contributed by atoms with E-state index in [-0.39, 0.29) is 11.9 Å². The van der Waals surface area contributed by atoms with E-state index in [0.717, 1.165) is 30.9 Å². The third kappa shape index (κ3) is 4.43. The predicted octanol–water partition coefficient (Wildman–Crippen LogP) is 2.63. The lowest BCUT2D eigenvalue weighted by Crippen LogP contribution is -2.34. The zero-order valence-corrected chi connectivity index (χ0v) is 13.0. The molecule has 1 amide bonds. The molecule has 0 aliphatic heterocycles. The standard InChI is InChI=1S/C16H26N4O/c1-3-13-9-12(10-15(18-13)20-17)16(21)19-14-6-4-5-11(2)7-8-14/h9-11,14H,3-8,17H2,1-2H3,(H,18,20)(H,19,21). The lowest BCUT2D eigenvalue weighted by molar-refractivity contribution is 0.0933. The molecule has 1 heterocycles. The first kappa shape index (κ1) is 15.8. The van der Waals surface area contributed by atoms with Crippen LogP contribution in [0.2, 0.25) is 0 Å². The second-order valence-electron chi connectivity index (χ2n) is 6.01. The fraction of sp³-hybridized carbons (Fsp3) is 0.625. The molecule has 5 heteroatoms. The minimum atomic E-state index is -0.0249. The fourth-order valence-electron chi connectivity index (χ4n) is 2.87. The molecule has 2 rings (SSSR count). The molecule has 4 N–H and O–H groups in total. The number of hydrogen-bond acceptors (Lipinski definition) is 4. The maximum Gasteiger partial charge on any atom is 0.251 e. The Labute approximate surface area is 126 Å². The van der Waals surface area contributed by atoms with Crippen molar-refractivity contribution < 1.29 is 4.79 Å². The van der Waals surface area contributed by atoms with E-state index in [1.807, 2.05) is 13.0 Å². The number of amides is 1. The molecular formula is C16H26N4O. The van der Waals surface area contributed by atoms with E-state index < -0.39 is 0 Å². The highest BCUT2D eigenvalue weighted by molar-refractivity contribution is 5.95. The molecule has 116 valence electrons. The van der Waals surface area contributed by atoms with Crippen LogP contribution >= 0.6 is 0 Å². The molecule has 1 fully saturated rings. The summed E-state index contributed by atoms with van der Waals surface area (Å²) in [5.74, 6) is 6.70. The van der Waals surface area contributed by atoms with Crippen LogP contribution in [-0.4, -0.2) is 16.9 Å². The number of aromatic nitrogens is 1. The second kappa shape index (κ2) is 7.41. The van der Waals surface area contributed by atoms with Crippen LogP contribution in [-0.2, 0) is 6.42 Å². The molecule has 0 saturated heterocycles. The van der Waals surface area contributed by atoms with Gasteiger partial charge in [0.25, 0.3) is 5.91 Å². The lowest BCUT2D eigenvalue weighted by atomic mass is 10.0. The van der Waals surface area contributed by atoms with Gasteiger partial charge in [-0.05, 0) is 43.7 Å². The summed E-state index contributed by atoms with van der Waals surface area (Å²) >= 11 is 0. The Bertz CT molecular complexity index is 467. The van der Waals surface area contributed by atoms with Crippen molar-refractivity contribution in [2.75, 3.05) is 5.43 Å². The van der Waals surface area contributed by atoms with E-state index in [1.54, 1.807) is 6.07 Å². The number of hydrazine groups is 1. The number of nitrogens with one attached hydrogen (secondary N) is 2. The number of carbonyl (C=O) groups excluding carboxylic acids is 1. The first-order valence-corrected chi connectivity index (χ1v) is 7.90. The van der Waals surface area contributed by atoms with E-state index in [0.29, 0.717) is 11.4 Å². The molecule has 1 aromatic heterocycles. The number of aryl methyl sites for hydroxylation is 1. The summed E-state index contributed by atoms with van der Waals surface area (Å²) in [6.07, 6.45) is 6.57. The third-order valence-corrected chi connectivity index (χ3v) is 4.24. The molecular weight excluding hydrogens is 264 g/mol. The summed E-state index contributed by atoms with van der Waals surface area (Å²) in [5.41, 5.74) is 4.02. The smallest absolute Gasteiger partial charge is 0.251 e. The number of rotatable bonds is 4. The van der Waals surface area contributed by atoms with Crippen molar-refractivity contribution in [2.24, 2.45) is 11.8 Å². The topological polar surface area (TPSA) is 80.0 Å². The van der Waals surface area contributed by atoms with E-state index in [9.17, 15) is 4.79 Å². The van der Waals surface area contributed by atoms with Crippen LogP contribution in [0.15, 0.2) is 12.1 Å². The Hall–Kier alpha value is -1.62. The molecule has 0 aromatic carbocycles. The van der Waals surface area contributed by atoms with Crippen molar-refractivity contribution in [1.29, 1.82) is 0 Å². The number of carbonyl (C=O) groups is 1. The molecule has 2 unspecified atom stereocenters. The van der Waals surface area contributed by atoms with Crippen LogP contribution in [0.3, 0.4) is 0 Å². The van der Waals surface area contributed by atoms with Crippen molar-refractivity contribution in [3.8, 4) is 0 Å². The maximum atomic E-state index is 12.4. The van der Waals surface area contributed by atoms with Gasteiger partial charge in [-0.2, -0.15) is 0 Å². The minimum absolute atomic E-state index is 0.0249. The molecule has 1 saturated carbocycles. The number of nitrogens with zero attached hydrogens (tertiary/aromatic N) is 1. The van der Waals surface area contributed by atoms with Gasteiger partial charge in [-0.3, -0.25) is 4.79 Å². The van der Waals surface area contributed by atoms with Crippen LogP contribution in [0, 0.1) is 5.92 Å². The van der Waals surface area contributed by atoms with Gasteiger partial charge in [0.05, 0.1) is 0 Å². The predicted molar refractivity (Wildman–Crippen MR) is 84.9 cm³/mol. The zero-order chi connectivity index (χ0) is 15.2. The molecule has 1 aliphatic rings. The van der Waals surface area contributed by atoms with Crippen LogP contribution in [0.1, 0.15) is 62.0 Å². The average Bonchev–Trinajstić information content (AvgIpc) is 2.71. The summed E-state index contributed by atoms with van der Waals surface area (Å²) in [7, 11) is 0. The fourth-order valence-corrected chi connectivity index (χ4v) is 2.87. The lowest BCUT2D eigenvalue weighted by Gasteiger charge is -2.17. The summed E-state index contributed by atoms with van der Waals surface area (Å²) in [4.78, 5) is 16.7. The van der Waals surface area contributed by atoms with Crippen molar-refractivity contribution in [2.45, 2.75) is 58.4 Å². The molecule has 0 radical (unpaired) electrons. The van der Waals surface area contributed by atoms with Gasteiger partial charge in [0.2, 0.25) is 0 Å². The maximum absolute atomic E-state index is 12.4. The van der Waals surface area contributed by atoms with Gasteiger partial charge in [-0.15, -0.1) is 0 Å². The Kier molecular flexibility index (Phi) is 5.56. The van der Waals surface area contributed by atoms with Gasteiger partial charge in [-0.25, -0.2) is 10.8 Å². The van der Waals surface area contributed by atoms with Gasteiger partial charge in [0.15, 0.2) is 0 Å². The molecule has 5 nitrogen and oxygen atoms in total. The highest BCUT2D eigenvalue weighted by Crippen LogP contribution is 2.23. The molecule has 0 spiro atoms. The highest BCUT2D eigenvalue weighted by atomic mass is 16.1. The molecule has 1 aromatic rings. The van der Waals surface area contributed by atoms with Crippen molar-refractivity contribution in [3.63, 3.8) is 0 Å². The SMILES string of the molecule is CCc1cc(C(=O)NC2CCCC(C)CC2)cc(NN)n1. The van der Waals surface area contributed by atoms with E-state index in [1.165, 1.54) is 19.3 Å². The molecule has 21 heavy (non-hydrogen) atoms. The first-order valence-electron chi connectivity index (χ1n) is 7.90. The van der Waals surface area contributed by atoms with Crippen molar-refractivity contribution >= 4 is 11.7 Å². The Balaban J connectivity index is 2.05. The largest absolute Gasteiger partial charge is 0.349 e. The van der Waals surface area contributed by atoms with Crippen LogP contribution in [0.25, 0.3) is 0 Å². The normalized spacial score (nSPS) is 22.4. The zero-order valence-electron chi connectivity index (χ0n) is 13.0. The summed E-state index contributed by atoms with van der Waals surface area (Å²) in [6, 6.07) is 3.83. The number of nitrogens with two attached hydrogens (primary N) is 1. The molecule has 1 aliphatic carbocycles. The second-order valence-corrected chi connectivity index (χ2v) is 6.01. The summed E-state index contributed by atoms with van der Waals surface area (Å²) in [6.45, 7) is 4.30. The van der Waals surface area contributed by atoms with Gasteiger partial charge in [0, 0.05) is 17.3 Å². The number of pyridine rings is 1. The highest BCUT2D eigenvalue weighted by Gasteiger charge is 2.19.